The molecule has 3 aromatic rings. The molecule has 3 N–H and O–H groups in total. The zero-order valence-electron chi connectivity index (χ0n) is 14.2. The second kappa shape index (κ2) is 7.06. The van der Waals surface area contributed by atoms with Crippen molar-refractivity contribution in [3.05, 3.63) is 35.2 Å². The van der Waals surface area contributed by atoms with Gasteiger partial charge in [0, 0.05) is 46.4 Å². The van der Waals surface area contributed by atoms with Crippen molar-refractivity contribution in [3.8, 4) is 11.4 Å². The Hall–Kier alpha value is -2.67. The van der Waals surface area contributed by atoms with Gasteiger partial charge in [0.05, 0.1) is 11.6 Å². The van der Waals surface area contributed by atoms with E-state index in [1.165, 1.54) is 0 Å². The summed E-state index contributed by atoms with van der Waals surface area (Å²) < 4.78 is 0. The molecular formula is C17H25ClN6O. The maximum absolute atomic E-state index is 11.5. The summed E-state index contributed by atoms with van der Waals surface area (Å²) in [6.45, 7) is 4.26. The van der Waals surface area contributed by atoms with E-state index in [-0.39, 0.29) is 22.6 Å². The third kappa shape index (κ3) is 3.56. The van der Waals surface area contributed by atoms with Crippen LogP contribution in [0.25, 0.3) is 22.4 Å². The van der Waals surface area contributed by atoms with Gasteiger partial charge in [0.1, 0.15) is 11.5 Å². The van der Waals surface area contributed by atoms with Crippen LogP contribution >= 0.6 is 11.6 Å². The van der Waals surface area contributed by atoms with Crippen LogP contribution in [-0.4, -0.2) is 39.4 Å². The van der Waals surface area contributed by atoms with Crippen molar-refractivity contribution < 1.29 is 9.07 Å². The lowest BCUT2D eigenvalue weighted by Gasteiger charge is -2.14. The number of carbonyl (C=O) groups is 1. The van der Waals surface area contributed by atoms with E-state index in [0.29, 0.717) is 16.7 Å². The maximum Gasteiger partial charge on any atom is 0.239 e. The Kier molecular flexibility index (Phi) is 4.85. The summed E-state index contributed by atoms with van der Waals surface area (Å²) in [6.07, 6.45) is 5.18. The van der Waals surface area contributed by atoms with Crippen molar-refractivity contribution >= 4 is 34.4 Å². The third-order valence-corrected chi connectivity index (χ3v) is 4.08. The van der Waals surface area contributed by atoms with Gasteiger partial charge in [0.25, 0.3) is 0 Å². The van der Waals surface area contributed by atoms with E-state index in [1.807, 2.05) is 6.07 Å². The number of carbonyl (C=O) groups excluding carboxylic acids is 1. The van der Waals surface area contributed by atoms with Crippen LogP contribution in [0.1, 0.15) is 29.6 Å². The predicted molar refractivity (Wildman–Crippen MR) is 105 cm³/mol. The van der Waals surface area contributed by atoms with Gasteiger partial charge in [-0.25, -0.2) is 15.0 Å². The molecule has 0 saturated carbocycles. The fourth-order valence-corrected chi connectivity index (χ4v) is 2.66. The molecule has 0 atom stereocenters. The van der Waals surface area contributed by atoms with E-state index in [4.69, 9.17) is 11.6 Å². The molecule has 3 aromatic heterocycles. The van der Waals surface area contributed by atoms with Gasteiger partial charge in [0.15, 0.2) is 5.82 Å². The van der Waals surface area contributed by atoms with Gasteiger partial charge in [-0.3, -0.25) is 4.79 Å². The molecule has 0 bridgehead atoms. The number of pyridine rings is 1. The summed E-state index contributed by atoms with van der Waals surface area (Å²) in [5.41, 5.74) is 2.47. The lowest BCUT2D eigenvalue weighted by molar-refractivity contribution is -0.118. The highest BCUT2D eigenvalue weighted by Crippen LogP contribution is 2.29. The van der Waals surface area contributed by atoms with E-state index in [9.17, 15) is 4.79 Å². The molecule has 25 heavy (non-hydrogen) atoms. The zero-order chi connectivity index (χ0) is 18.0. The van der Waals surface area contributed by atoms with Crippen LogP contribution in [0.2, 0.25) is 5.02 Å². The molecular weight excluding hydrogens is 340 g/mol. The minimum Gasteiger partial charge on any atom is -0.361 e. The van der Waals surface area contributed by atoms with Crippen LogP contribution in [0.5, 0.6) is 0 Å². The number of H-pyrrole nitrogens is 1. The van der Waals surface area contributed by atoms with E-state index in [0.717, 1.165) is 22.2 Å². The molecule has 8 heteroatoms. The minimum absolute atomic E-state index is 0. The molecule has 0 aliphatic rings. The Morgan fingerprint density at radius 3 is 2.88 bits per heavy atom. The number of fused-ring (bicyclic) bond motifs is 1. The first kappa shape index (κ1) is 17.2. The highest BCUT2D eigenvalue weighted by molar-refractivity contribution is 6.31. The van der Waals surface area contributed by atoms with Crippen LogP contribution in [0.3, 0.4) is 0 Å². The van der Waals surface area contributed by atoms with Crippen LogP contribution in [0.15, 0.2) is 24.7 Å². The number of halogens is 1. The first-order valence-corrected chi connectivity index (χ1v) is 8.31. The standard InChI is InChI=1S/C17H19ClN6O.3H2/c1-9(2)12-6-22-17(24-16(12)23-8-14(25)19-3)13-7-21-15-11(13)4-10(18)5-20-15;;;/h4-7,9H,8H2,1-3H3,(H,19,25)(H,20,21)(H,22,23,24);3*1H. The molecule has 1 amide bonds. The summed E-state index contributed by atoms with van der Waals surface area (Å²) in [5, 5.41) is 7.07. The smallest absolute Gasteiger partial charge is 0.239 e. The molecule has 0 fully saturated rings. The zero-order valence-corrected chi connectivity index (χ0v) is 15.0. The number of likely N-dealkylation sites (N-methyl/N-ethyl adjacent to an activating group) is 1. The molecule has 0 aliphatic carbocycles. The Labute approximate surface area is 154 Å². The first-order chi connectivity index (χ1) is 12.0. The second-order valence-electron chi connectivity index (χ2n) is 5.93. The number of hydrogen-bond donors (Lipinski definition) is 3. The number of anilines is 1. The van der Waals surface area contributed by atoms with E-state index >= 15 is 0 Å². The molecule has 3 heterocycles. The first-order valence-electron chi connectivity index (χ1n) is 7.94. The lowest BCUT2D eigenvalue weighted by atomic mass is 10.1. The summed E-state index contributed by atoms with van der Waals surface area (Å²) in [5.74, 6) is 1.30. The Morgan fingerprint density at radius 1 is 1.36 bits per heavy atom. The van der Waals surface area contributed by atoms with Crippen LogP contribution < -0.4 is 10.6 Å². The second-order valence-corrected chi connectivity index (χ2v) is 6.37. The van der Waals surface area contributed by atoms with E-state index < -0.39 is 0 Å². The topological polar surface area (TPSA) is 95.6 Å². The Morgan fingerprint density at radius 2 is 2.16 bits per heavy atom. The van der Waals surface area contributed by atoms with Crippen LogP contribution in [-0.2, 0) is 4.79 Å². The minimum atomic E-state index is -0.113. The van der Waals surface area contributed by atoms with Crippen molar-refractivity contribution in [1.82, 2.24) is 25.3 Å². The molecule has 7 nitrogen and oxygen atoms in total. The fraction of sp³-hybridized carbons (Fsp3) is 0.294. The predicted octanol–water partition coefficient (Wildman–Crippen LogP) is 3.69. The largest absolute Gasteiger partial charge is 0.361 e. The third-order valence-electron chi connectivity index (χ3n) is 3.87. The normalized spacial score (nSPS) is 11.1. The number of rotatable bonds is 5. The van der Waals surface area contributed by atoms with Gasteiger partial charge in [0.2, 0.25) is 5.91 Å². The summed E-state index contributed by atoms with van der Waals surface area (Å²) in [6, 6.07) is 1.83. The van der Waals surface area contributed by atoms with Gasteiger partial charge < -0.3 is 15.6 Å². The molecule has 0 saturated heterocycles. The lowest BCUT2D eigenvalue weighted by Crippen LogP contribution is -2.27. The Bertz CT molecular complexity index is 934. The van der Waals surface area contributed by atoms with Gasteiger partial charge in [-0.2, -0.15) is 0 Å². The van der Waals surface area contributed by atoms with Crippen molar-refractivity contribution in [2.24, 2.45) is 0 Å². The molecule has 3 rings (SSSR count). The monoisotopic (exact) mass is 364 g/mol. The number of aromatic nitrogens is 4. The average Bonchev–Trinajstić information content (AvgIpc) is 3.02. The number of aromatic amines is 1. The van der Waals surface area contributed by atoms with E-state index in [2.05, 4.69) is 44.4 Å². The molecule has 136 valence electrons. The van der Waals surface area contributed by atoms with Gasteiger partial charge in [-0.15, -0.1) is 0 Å². The fourth-order valence-electron chi connectivity index (χ4n) is 2.50. The molecule has 0 spiro atoms. The van der Waals surface area contributed by atoms with Gasteiger partial charge in [-0.05, 0) is 12.0 Å². The van der Waals surface area contributed by atoms with Crippen molar-refractivity contribution in [2.45, 2.75) is 19.8 Å². The summed E-state index contributed by atoms with van der Waals surface area (Å²) >= 11 is 6.06. The van der Waals surface area contributed by atoms with Crippen LogP contribution in [0, 0.1) is 0 Å². The highest BCUT2D eigenvalue weighted by Gasteiger charge is 2.15. The maximum atomic E-state index is 11.5. The number of nitrogens with zero attached hydrogens (tertiary/aromatic N) is 3. The molecule has 0 unspecified atom stereocenters. The molecule has 0 aliphatic heterocycles. The number of hydrogen-bond acceptors (Lipinski definition) is 5. The Balaban J connectivity index is 0.00000243. The molecule has 0 radical (unpaired) electrons. The SMILES string of the molecule is CNC(=O)CNc1nc(-c2c[nH]c3ncc(Cl)cc23)ncc1C(C)C.[HH].[HH].[HH]. The average molecular weight is 365 g/mol. The van der Waals surface area contributed by atoms with Gasteiger partial charge >= 0.3 is 0 Å². The summed E-state index contributed by atoms with van der Waals surface area (Å²) in [4.78, 5) is 28.0. The van der Waals surface area contributed by atoms with Crippen molar-refractivity contribution in [3.63, 3.8) is 0 Å². The highest BCUT2D eigenvalue weighted by atomic mass is 35.5. The van der Waals surface area contributed by atoms with Crippen LogP contribution in [0.4, 0.5) is 5.82 Å². The van der Waals surface area contributed by atoms with Gasteiger partial charge in [-0.1, -0.05) is 25.4 Å². The molecule has 0 aromatic carbocycles. The summed E-state index contributed by atoms with van der Waals surface area (Å²) in [7, 11) is 1.60. The number of amides is 1. The van der Waals surface area contributed by atoms with Crippen molar-refractivity contribution in [2.75, 3.05) is 18.9 Å². The van der Waals surface area contributed by atoms with E-state index in [1.54, 1.807) is 25.6 Å². The quantitative estimate of drug-likeness (QED) is 0.641. The van der Waals surface area contributed by atoms with Crippen molar-refractivity contribution in [1.29, 1.82) is 0 Å². The number of nitrogens with one attached hydrogen (secondary N) is 3.